The molecule has 0 amide bonds. The number of rotatable bonds is 5. The third-order valence-electron chi connectivity index (χ3n) is 2.15. The van der Waals surface area contributed by atoms with E-state index in [1.807, 2.05) is 13.0 Å². The molecule has 84 valence electrons. The van der Waals surface area contributed by atoms with Crippen LogP contribution in [0.15, 0.2) is 12.3 Å². The Labute approximate surface area is 90.5 Å². The minimum atomic E-state index is -0.241. The van der Waals surface area contributed by atoms with Gasteiger partial charge in [-0.2, -0.15) is 0 Å². The largest absolute Gasteiger partial charge is 0.396 e. The Bertz CT molecular complexity index is 313. The zero-order valence-corrected chi connectivity index (χ0v) is 9.33. The fourth-order valence-corrected chi connectivity index (χ4v) is 1.34. The highest BCUT2D eigenvalue weighted by Crippen LogP contribution is 2.15. The molecule has 4 heteroatoms. The smallest absolute Gasteiger partial charge is 0.149 e. The van der Waals surface area contributed by atoms with E-state index in [2.05, 4.69) is 10.3 Å². The average Bonchev–Trinajstić information content (AvgIpc) is 2.14. The second kappa shape index (κ2) is 5.56. The van der Waals surface area contributed by atoms with Gasteiger partial charge in [-0.15, -0.1) is 0 Å². The van der Waals surface area contributed by atoms with E-state index in [0.29, 0.717) is 5.69 Å². The van der Waals surface area contributed by atoms with Crippen molar-refractivity contribution >= 4 is 11.5 Å². The summed E-state index contributed by atoms with van der Waals surface area (Å²) in [6.45, 7) is 4.53. The van der Waals surface area contributed by atoms with Crippen molar-refractivity contribution in [2.45, 2.75) is 32.8 Å². The lowest BCUT2D eigenvalue weighted by molar-refractivity contribution is 0.183. The lowest BCUT2D eigenvalue weighted by atomic mass is 10.2. The molecule has 1 rings (SSSR count). The molecule has 0 radical (unpaired) electrons. The van der Waals surface area contributed by atoms with Crippen LogP contribution in [0.2, 0.25) is 0 Å². The molecular weight excluding hydrogens is 190 g/mol. The minimum absolute atomic E-state index is 0.241. The number of pyridine rings is 1. The van der Waals surface area contributed by atoms with Gasteiger partial charge in [0.05, 0.1) is 11.8 Å². The number of hydrogen-bond acceptors (Lipinski definition) is 4. The average molecular weight is 209 g/mol. The number of nitrogens with zero attached hydrogens (tertiary/aromatic N) is 1. The Hall–Kier alpha value is -1.29. The molecule has 4 nitrogen and oxygen atoms in total. The van der Waals surface area contributed by atoms with Crippen LogP contribution in [0.4, 0.5) is 11.5 Å². The van der Waals surface area contributed by atoms with E-state index in [1.165, 1.54) is 0 Å². The van der Waals surface area contributed by atoms with E-state index in [-0.39, 0.29) is 6.10 Å². The predicted octanol–water partition coefficient (Wildman–Crippen LogP) is 1.55. The topological polar surface area (TPSA) is 71.2 Å². The minimum Gasteiger partial charge on any atom is -0.396 e. The molecule has 0 bridgehead atoms. The lowest BCUT2D eigenvalue weighted by Gasteiger charge is -2.09. The molecule has 0 saturated heterocycles. The summed E-state index contributed by atoms with van der Waals surface area (Å²) in [5.41, 5.74) is 7.52. The first-order valence-corrected chi connectivity index (χ1v) is 5.23. The van der Waals surface area contributed by atoms with Gasteiger partial charge in [-0.05, 0) is 38.3 Å². The third kappa shape index (κ3) is 4.16. The number of nitrogens with one attached hydrogen (secondary N) is 1. The molecule has 1 unspecified atom stereocenters. The van der Waals surface area contributed by atoms with E-state index in [1.54, 1.807) is 13.1 Å². The predicted molar refractivity (Wildman–Crippen MR) is 62.8 cm³/mol. The summed E-state index contributed by atoms with van der Waals surface area (Å²) in [5.74, 6) is 0.728. The van der Waals surface area contributed by atoms with Gasteiger partial charge in [0.15, 0.2) is 0 Å². The van der Waals surface area contributed by atoms with Crippen LogP contribution in [0.5, 0.6) is 0 Å². The number of hydrogen-bond donors (Lipinski definition) is 3. The first-order chi connectivity index (χ1) is 7.09. The van der Waals surface area contributed by atoms with Crippen LogP contribution in [0.25, 0.3) is 0 Å². The number of aliphatic hydroxyl groups excluding tert-OH is 1. The summed E-state index contributed by atoms with van der Waals surface area (Å²) in [7, 11) is 0. The van der Waals surface area contributed by atoms with Crippen LogP contribution in [0, 0.1) is 6.92 Å². The van der Waals surface area contributed by atoms with Crippen LogP contribution in [-0.4, -0.2) is 22.7 Å². The number of nitrogen functional groups attached to an aromatic ring is 1. The van der Waals surface area contributed by atoms with Gasteiger partial charge in [0.1, 0.15) is 5.82 Å². The van der Waals surface area contributed by atoms with E-state index in [4.69, 9.17) is 10.8 Å². The van der Waals surface area contributed by atoms with Gasteiger partial charge in [-0.25, -0.2) is 4.98 Å². The van der Waals surface area contributed by atoms with Gasteiger partial charge in [-0.3, -0.25) is 0 Å². The Morgan fingerprint density at radius 2 is 2.33 bits per heavy atom. The molecule has 15 heavy (non-hydrogen) atoms. The Balaban J connectivity index is 2.37. The van der Waals surface area contributed by atoms with Crippen molar-refractivity contribution in [3.8, 4) is 0 Å². The van der Waals surface area contributed by atoms with Crippen molar-refractivity contribution < 1.29 is 5.11 Å². The fraction of sp³-hybridized carbons (Fsp3) is 0.545. The second-order valence-electron chi connectivity index (χ2n) is 3.87. The van der Waals surface area contributed by atoms with Crippen LogP contribution >= 0.6 is 0 Å². The molecule has 1 aromatic heterocycles. The van der Waals surface area contributed by atoms with E-state index < -0.39 is 0 Å². The highest BCUT2D eigenvalue weighted by molar-refractivity contribution is 5.61. The Morgan fingerprint density at radius 1 is 1.60 bits per heavy atom. The maximum Gasteiger partial charge on any atom is 0.149 e. The summed E-state index contributed by atoms with van der Waals surface area (Å²) < 4.78 is 0. The summed E-state index contributed by atoms with van der Waals surface area (Å²) in [6, 6.07) is 1.89. The van der Waals surface area contributed by atoms with Crippen molar-refractivity contribution in [1.29, 1.82) is 0 Å². The van der Waals surface area contributed by atoms with Crippen molar-refractivity contribution in [3.63, 3.8) is 0 Å². The maximum absolute atomic E-state index is 9.07. The molecule has 0 aliphatic carbocycles. The summed E-state index contributed by atoms with van der Waals surface area (Å²) >= 11 is 0. The number of aromatic nitrogens is 1. The van der Waals surface area contributed by atoms with Gasteiger partial charge >= 0.3 is 0 Å². The zero-order valence-electron chi connectivity index (χ0n) is 9.33. The first kappa shape index (κ1) is 11.8. The third-order valence-corrected chi connectivity index (χ3v) is 2.15. The normalized spacial score (nSPS) is 12.5. The van der Waals surface area contributed by atoms with Crippen LogP contribution in [0.3, 0.4) is 0 Å². The Morgan fingerprint density at radius 3 is 2.93 bits per heavy atom. The molecule has 1 aromatic rings. The highest BCUT2D eigenvalue weighted by atomic mass is 16.3. The van der Waals surface area contributed by atoms with Gasteiger partial charge in [0.25, 0.3) is 0 Å². The quantitative estimate of drug-likeness (QED) is 0.643. The van der Waals surface area contributed by atoms with Gasteiger partial charge in [0.2, 0.25) is 0 Å². The molecule has 1 heterocycles. The first-order valence-electron chi connectivity index (χ1n) is 5.23. The molecule has 0 aromatic carbocycles. The van der Waals surface area contributed by atoms with Gasteiger partial charge in [-0.1, -0.05) is 0 Å². The van der Waals surface area contributed by atoms with Gasteiger partial charge in [0, 0.05) is 12.7 Å². The monoisotopic (exact) mass is 209 g/mol. The molecule has 0 aliphatic rings. The molecule has 0 saturated carbocycles. The second-order valence-corrected chi connectivity index (χ2v) is 3.87. The highest BCUT2D eigenvalue weighted by Gasteiger charge is 2.00. The Kier molecular flexibility index (Phi) is 4.37. The SMILES string of the molecule is Cc1cnc(NCCCC(C)O)c(N)c1. The molecular formula is C11H19N3O. The number of aliphatic hydroxyl groups is 1. The lowest BCUT2D eigenvalue weighted by Crippen LogP contribution is -2.09. The maximum atomic E-state index is 9.07. The molecule has 0 fully saturated rings. The van der Waals surface area contributed by atoms with Crippen LogP contribution in [-0.2, 0) is 0 Å². The molecule has 1 atom stereocenters. The molecule has 0 spiro atoms. The molecule has 0 aliphatic heterocycles. The summed E-state index contributed by atoms with van der Waals surface area (Å²) in [4.78, 5) is 4.20. The van der Waals surface area contributed by atoms with Gasteiger partial charge < -0.3 is 16.2 Å². The fourth-order valence-electron chi connectivity index (χ4n) is 1.34. The van der Waals surface area contributed by atoms with Crippen molar-refractivity contribution in [2.75, 3.05) is 17.6 Å². The van der Waals surface area contributed by atoms with Crippen LogP contribution in [0.1, 0.15) is 25.3 Å². The summed E-state index contributed by atoms with van der Waals surface area (Å²) in [6.07, 6.45) is 3.24. The van der Waals surface area contributed by atoms with E-state index in [9.17, 15) is 0 Å². The van der Waals surface area contributed by atoms with Crippen molar-refractivity contribution in [3.05, 3.63) is 17.8 Å². The van der Waals surface area contributed by atoms with Crippen molar-refractivity contribution in [2.24, 2.45) is 0 Å². The summed E-state index contributed by atoms with van der Waals surface area (Å²) in [5, 5.41) is 12.2. The van der Waals surface area contributed by atoms with E-state index >= 15 is 0 Å². The number of aryl methyl sites for hydroxylation is 1. The zero-order chi connectivity index (χ0) is 11.3. The standard InChI is InChI=1S/C11H19N3O/c1-8-6-10(12)11(14-7-8)13-5-3-4-9(2)15/h6-7,9,15H,3-5,12H2,1-2H3,(H,13,14). The van der Waals surface area contributed by atoms with Crippen LogP contribution < -0.4 is 11.1 Å². The number of nitrogens with two attached hydrogens (primary N) is 1. The molecule has 4 N–H and O–H groups in total. The number of anilines is 2. The van der Waals surface area contributed by atoms with Crippen molar-refractivity contribution in [1.82, 2.24) is 4.98 Å². The van der Waals surface area contributed by atoms with E-state index in [0.717, 1.165) is 30.8 Å².